The van der Waals surface area contributed by atoms with Crippen molar-refractivity contribution in [2.75, 3.05) is 11.1 Å². The Morgan fingerprint density at radius 2 is 2.21 bits per heavy atom. The number of anilines is 1. The van der Waals surface area contributed by atoms with Gasteiger partial charge >= 0.3 is 6.61 Å². The van der Waals surface area contributed by atoms with Gasteiger partial charge < -0.3 is 15.2 Å². The molecule has 12 heteroatoms. The van der Waals surface area contributed by atoms with E-state index in [1.165, 1.54) is 34.7 Å². The number of rotatable bonds is 9. The van der Waals surface area contributed by atoms with Gasteiger partial charge in [-0.15, -0.1) is 11.8 Å². The third-order valence-corrected chi connectivity index (χ3v) is 5.83. The number of aromatic amines is 1. The smallest absolute Gasteiger partial charge is 0.387 e. The van der Waals surface area contributed by atoms with E-state index in [1.54, 1.807) is 37.5 Å². The summed E-state index contributed by atoms with van der Waals surface area (Å²) >= 11 is 1.39. The van der Waals surface area contributed by atoms with Gasteiger partial charge in [-0.3, -0.25) is 9.89 Å². The number of H-pyrrole nitrogens is 1. The van der Waals surface area contributed by atoms with Crippen LogP contribution in [-0.2, 0) is 6.42 Å². The van der Waals surface area contributed by atoms with Crippen molar-refractivity contribution >= 4 is 29.0 Å². The largest absolute Gasteiger partial charge is 0.435 e. The minimum Gasteiger partial charge on any atom is -0.435 e. The van der Waals surface area contributed by atoms with Crippen LogP contribution in [0, 0.1) is 0 Å². The molecule has 0 fully saturated rings. The van der Waals surface area contributed by atoms with E-state index in [9.17, 15) is 18.7 Å². The van der Waals surface area contributed by atoms with Crippen LogP contribution in [0.15, 0.2) is 53.9 Å². The van der Waals surface area contributed by atoms with E-state index in [0.717, 1.165) is 4.90 Å². The molecule has 0 aliphatic heterocycles. The van der Waals surface area contributed by atoms with Crippen molar-refractivity contribution in [1.29, 1.82) is 0 Å². The number of carbonyl (C=O) groups is 1. The van der Waals surface area contributed by atoms with Crippen molar-refractivity contribution in [1.82, 2.24) is 24.8 Å². The second-order valence-electron chi connectivity index (χ2n) is 7.15. The Kier molecular flexibility index (Phi) is 6.84. The number of halogens is 2. The number of aliphatic hydroxyl groups is 1. The van der Waals surface area contributed by atoms with E-state index in [2.05, 4.69) is 30.3 Å². The standard InChI is InChI=1S/C21H20F2N6O3S/c1-12(30)11-33-14-3-4-18(32-21(22)23)13(7-14)8-16-17(10-25-28-16)27-20(31)15-9-26-29-6-2-5-24-19(15)29/h2-7,9-10,12,21,30H,8,11H2,1H3,(H,25,28)(H,27,31)/t12-/m0/s1. The molecule has 0 spiro atoms. The Labute approximate surface area is 191 Å². The minimum absolute atomic E-state index is 0.0186. The molecule has 3 heterocycles. The molecule has 3 aromatic heterocycles. The number of hydrogen-bond acceptors (Lipinski definition) is 7. The molecule has 1 atom stereocenters. The highest BCUT2D eigenvalue weighted by Gasteiger charge is 2.18. The Balaban J connectivity index is 1.57. The maximum absolute atomic E-state index is 12.9. The van der Waals surface area contributed by atoms with Crippen LogP contribution < -0.4 is 10.1 Å². The van der Waals surface area contributed by atoms with Gasteiger partial charge in [0.05, 0.1) is 29.9 Å². The van der Waals surface area contributed by atoms with Crippen LogP contribution in [0.2, 0.25) is 0 Å². The number of amides is 1. The molecule has 9 nitrogen and oxygen atoms in total. The fourth-order valence-electron chi connectivity index (χ4n) is 3.13. The first-order valence-corrected chi connectivity index (χ1v) is 10.9. The molecule has 4 aromatic rings. The maximum atomic E-state index is 12.9. The summed E-state index contributed by atoms with van der Waals surface area (Å²) in [6.45, 7) is -1.31. The predicted octanol–water partition coefficient (Wildman–Crippen LogP) is 3.37. The molecule has 33 heavy (non-hydrogen) atoms. The lowest BCUT2D eigenvalue weighted by atomic mass is 10.1. The number of benzene rings is 1. The number of aliphatic hydroxyl groups excluding tert-OH is 1. The third kappa shape index (κ3) is 5.46. The highest BCUT2D eigenvalue weighted by Crippen LogP contribution is 2.30. The lowest BCUT2D eigenvalue weighted by molar-refractivity contribution is -0.0504. The van der Waals surface area contributed by atoms with Crippen molar-refractivity contribution in [2.45, 2.75) is 31.0 Å². The Bertz CT molecular complexity index is 1260. The van der Waals surface area contributed by atoms with E-state index in [4.69, 9.17) is 0 Å². The van der Waals surface area contributed by atoms with Gasteiger partial charge in [-0.05, 0) is 31.2 Å². The van der Waals surface area contributed by atoms with Crippen molar-refractivity contribution in [2.24, 2.45) is 0 Å². The van der Waals surface area contributed by atoms with Crippen LogP contribution >= 0.6 is 11.8 Å². The molecular weight excluding hydrogens is 454 g/mol. The molecule has 4 rings (SSSR count). The van der Waals surface area contributed by atoms with E-state index in [-0.39, 0.29) is 17.7 Å². The van der Waals surface area contributed by atoms with Crippen molar-refractivity contribution in [3.63, 3.8) is 0 Å². The lowest BCUT2D eigenvalue weighted by Crippen LogP contribution is -2.13. The molecule has 0 radical (unpaired) electrons. The van der Waals surface area contributed by atoms with Crippen LogP contribution in [0.1, 0.15) is 28.5 Å². The van der Waals surface area contributed by atoms with Crippen molar-refractivity contribution in [3.05, 3.63) is 65.9 Å². The number of aromatic nitrogens is 5. The minimum atomic E-state index is -2.98. The first-order chi connectivity index (χ1) is 15.9. The number of fused-ring (bicyclic) bond motifs is 1. The van der Waals surface area contributed by atoms with Crippen LogP contribution in [0.5, 0.6) is 5.75 Å². The molecule has 0 saturated heterocycles. The summed E-state index contributed by atoms with van der Waals surface area (Å²) in [5, 5.41) is 23.2. The zero-order valence-electron chi connectivity index (χ0n) is 17.4. The zero-order chi connectivity index (χ0) is 23.4. The van der Waals surface area contributed by atoms with Crippen molar-refractivity contribution < 1.29 is 23.4 Å². The lowest BCUT2D eigenvalue weighted by Gasteiger charge is -2.13. The highest BCUT2D eigenvalue weighted by molar-refractivity contribution is 7.99. The highest BCUT2D eigenvalue weighted by atomic mass is 32.2. The summed E-state index contributed by atoms with van der Waals surface area (Å²) < 4.78 is 32.0. The molecule has 1 aromatic carbocycles. The summed E-state index contributed by atoms with van der Waals surface area (Å²) in [4.78, 5) is 17.8. The monoisotopic (exact) mass is 474 g/mol. The van der Waals surface area contributed by atoms with Gasteiger partial charge in [0.1, 0.15) is 11.3 Å². The summed E-state index contributed by atoms with van der Waals surface area (Å²) in [7, 11) is 0. The fraction of sp³-hybridized carbons (Fsp3) is 0.238. The SMILES string of the molecule is C[C@H](O)CSc1ccc(OC(F)F)c(Cc2[nH]ncc2NC(=O)c2cnn3cccnc23)c1. The number of alkyl halides is 2. The number of carbonyl (C=O) groups excluding carboxylic acids is 1. The van der Waals surface area contributed by atoms with E-state index >= 15 is 0 Å². The zero-order valence-corrected chi connectivity index (χ0v) is 18.2. The first-order valence-electron chi connectivity index (χ1n) is 9.91. The summed E-state index contributed by atoms with van der Waals surface area (Å²) in [5.74, 6) is 0.0369. The molecule has 172 valence electrons. The normalized spacial score (nSPS) is 12.3. The van der Waals surface area contributed by atoms with Gasteiger partial charge in [-0.25, -0.2) is 9.50 Å². The van der Waals surface area contributed by atoms with Gasteiger partial charge in [0.2, 0.25) is 0 Å². The summed E-state index contributed by atoms with van der Waals surface area (Å²) in [6, 6.07) is 6.53. The van der Waals surface area contributed by atoms with Gasteiger partial charge in [-0.1, -0.05) is 0 Å². The molecular formula is C21H20F2N6O3S. The van der Waals surface area contributed by atoms with E-state index in [0.29, 0.717) is 28.3 Å². The van der Waals surface area contributed by atoms with Gasteiger partial charge in [-0.2, -0.15) is 19.0 Å². The number of hydrogen-bond donors (Lipinski definition) is 3. The van der Waals surface area contributed by atoms with E-state index in [1.807, 2.05) is 0 Å². The molecule has 0 unspecified atom stereocenters. The molecule has 3 N–H and O–H groups in total. The van der Waals surface area contributed by atoms with Crippen LogP contribution in [0.4, 0.5) is 14.5 Å². The average molecular weight is 474 g/mol. The van der Waals surface area contributed by atoms with Crippen LogP contribution in [-0.4, -0.2) is 54.3 Å². The van der Waals surface area contributed by atoms with Crippen LogP contribution in [0.25, 0.3) is 5.65 Å². The second kappa shape index (κ2) is 9.96. The average Bonchev–Trinajstić information content (AvgIpc) is 3.40. The number of ether oxygens (including phenoxy) is 1. The Morgan fingerprint density at radius 3 is 3.00 bits per heavy atom. The second-order valence-corrected chi connectivity index (χ2v) is 8.24. The topological polar surface area (TPSA) is 117 Å². The fourth-order valence-corrected chi connectivity index (χ4v) is 3.96. The molecule has 1 amide bonds. The molecule has 0 saturated carbocycles. The van der Waals surface area contributed by atoms with Gasteiger partial charge in [0.15, 0.2) is 5.65 Å². The Hall–Kier alpha value is -3.51. The summed E-state index contributed by atoms with van der Waals surface area (Å²) in [5.41, 5.74) is 2.05. The molecule has 0 aliphatic carbocycles. The van der Waals surface area contributed by atoms with Gasteiger partial charge in [0.25, 0.3) is 5.91 Å². The summed E-state index contributed by atoms with van der Waals surface area (Å²) in [6.07, 6.45) is 5.72. The number of nitrogens with one attached hydrogen (secondary N) is 2. The first kappa shape index (κ1) is 22.7. The number of thioether (sulfide) groups is 1. The van der Waals surface area contributed by atoms with E-state index < -0.39 is 18.6 Å². The maximum Gasteiger partial charge on any atom is 0.387 e. The third-order valence-electron chi connectivity index (χ3n) is 4.60. The quantitative estimate of drug-likeness (QED) is 0.318. The molecule has 0 bridgehead atoms. The van der Waals surface area contributed by atoms with Gasteiger partial charge in [0, 0.05) is 35.0 Å². The van der Waals surface area contributed by atoms with Crippen molar-refractivity contribution in [3.8, 4) is 5.75 Å². The molecule has 0 aliphatic rings. The Morgan fingerprint density at radius 1 is 1.36 bits per heavy atom. The number of nitrogens with zero attached hydrogens (tertiary/aromatic N) is 4. The predicted molar refractivity (Wildman–Crippen MR) is 118 cm³/mol. The van der Waals surface area contributed by atoms with Crippen LogP contribution in [0.3, 0.4) is 0 Å².